The molecule has 0 nitrogen and oxygen atoms in total. The second kappa shape index (κ2) is 6.44. The first-order valence-electron chi connectivity index (χ1n) is 6.46. The van der Waals surface area contributed by atoms with E-state index in [-0.39, 0.29) is 0 Å². The van der Waals surface area contributed by atoms with Crippen LogP contribution in [0.25, 0.3) is 5.57 Å². The van der Waals surface area contributed by atoms with E-state index < -0.39 is 0 Å². The molecule has 0 heteroatoms. The number of hydrogen-bond acceptors (Lipinski definition) is 0. The molecule has 0 unspecified atom stereocenters. The Balaban J connectivity index is 3.09. The summed E-state index contributed by atoms with van der Waals surface area (Å²) in [7, 11) is 0. The number of rotatable bonds is 4. The Labute approximate surface area is 106 Å². The molecule has 0 aliphatic heterocycles. The Morgan fingerprint density at radius 3 is 2.12 bits per heavy atom. The van der Waals surface area contributed by atoms with Crippen LogP contribution in [0.15, 0.2) is 41.5 Å². The van der Waals surface area contributed by atoms with Gasteiger partial charge in [0.1, 0.15) is 0 Å². The van der Waals surface area contributed by atoms with E-state index in [9.17, 15) is 0 Å². The summed E-state index contributed by atoms with van der Waals surface area (Å²) in [5.74, 6) is 0. The van der Waals surface area contributed by atoms with Crippen LogP contribution in [0.4, 0.5) is 0 Å². The van der Waals surface area contributed by atoms with Crippen LogP contribution in [0.5, 0.6) is 0 Å². The number of aryl methyl sites for hydroxylation is 1. The van der Waals surface area contributed by atoms with Gasteiger partial charge in [-0.15, -0.1) is 0 Å². The van der Waals surface area contributed by atoms with Gasteiger partial charge in [0.25, 0.3) is 0 Å². The minimum absolute atomic E-state index is 1.15. The van der Waals surface area contributed by atoms with Crippen molar-refractivity contribution >= 4 is 5.57 Å². The van der Waals surface area contributed by atoms with E-state index in [1.54, 1.807) is 0 Å². The lowest BCUT2D eigenvalue weighted by atomic mass is 9.97. The summed E-state index contributed by atoms with van der Waals surface area (Å²) in [6, 6.07) is 8.84. The number of allylic oxidation sites excluding steroid dienone is 4. The largest absolute Gasteiger partial charge is 0.0735 e. The Morgan fingerprint density at radius 2 is 1.65 bits per heavy atom. The predicted molar refractivity (Wildman–Crippen MR) is 78.1 cm³/mol. The van der Waals surface area contributed by atoms with Gasteiger partial charge in [0.05, 0.1) is 0 Å². The molecule has 17 heavy (non-hydrogen) atoms. The zero-order valence-electron chi connectivity index (χ0n) is 11.8. The third-order valence-electron chi connectivity index (χ3n) is 3.12. The lowest BCUT2D eigenvalue weighted by molar-refractivity contribution is 0.972. The fourth-order valence-electron chi connectivity index (χ4n) is 1.74. The van der Waals surface area contributed by atoms with Gasteiger partial charge in [-0.3, -0.25) is 0 Å². The van der Waals surface area contributed by atoms with Crippen molar-refractivity contribution in [3.05, 3.63) is 52.6 Å². The molecule has 0 fully saturated rings. The van der Waals surface area contributed by atoms with Crippen LogP contribution in [0.3, 0.4) is 0 Å². The lowest BCUT2D eigenvalue weighted by Crippen LogP contribution is -1.87. The van der Waals surface area contributed by atoms with Gasteiger partial charge in [0.2, 0.25) is 0 Å². The van der Waals surface area contributed by atoms with E-state index in [0.29, 0.717) is 0 Å². The number of hydrogen-bond donors (Lipinski definition) is 0. The minimum atomic E-state index is 1.15. The van der Waals surface area contributed by atoms with E-state index in [2.05, 4.69) is 65.0 Å². The van der Waals surface area contributed by atoms with Crippen molar-refractivity contribution in [2.45, 2.75) is 47.5 Å². The maximum atomic E-state index is 2.34. The van der Waals surface area contributed by atoms with Gasteiger partial charge in [-0.25, -0.2) is 0 Å². The first-order valence-corrected chi connectivity index (χ1v) is 6.46. The molecular formula is C17H24. The minimum Gasteiger partial charge on any atom is -0.0735 e. The molecule has 0 aliphatic rings. The van der Waals surface area contributed by atoms with Crippen molar-refractivity contribution < 1.29 is 0 Å². The van der Waals surface area contributed by atoms with Crippen LogP contribution in [-0.4, -0.2) is 0 Å². The van der Waals surface area contributed by atoms with Crippen molar-refractivity contribution in [3.63, 3.8) is 0 Å². The fourth-order valence-corrected chi connectivity index (χ4v) is 1.74. The van der Waals surface area contributed by atoms with E-state index in [4.69, 9.17) is 0 Å². The van der Waals surface area contributed by atoms with Gasteiger partial charge >= 0.3 is 0 Å². The van der Waals surface area contributed by atoms with Crippen molar-refractivity contribution in [2.24, 2.45) is 0 Å². The zero-order valence-corrected chi connectivity index (χ0v) is 11.8. The summed E-state index contributed by atoms with van der Waals surface area (Å²) >= 11 is 0. The molecule has 1 aromatic carbocycles. The molecule has 0 amide bonds. The summed E-state index contributed by atoms with van der Waals surface area (Å²) in [6.45, 7) is 10.9. The molecule has 0 saturated heterocycles. The maximum Gasteiger partial charge on any atom is -0.0224 e. The highest BCUT2D eigenvalue weighted by Crippen LogP contribution is 2.23. The molecule has 0 radical (unpaired) electrons. The van der Waals surface area contributed by atoms with Gasteiger partial charge in [-0.2, -0.15) is 0 Å². The van der Waals surface area contributed by atoms with Gasteiger partial charge < -0.3 is 0 Å². The second-order valence-electron chi connectivity index (χ2n) is 4.97. The van der Waals surface area contributed by atoms with E-state index in [1.165, 1.54) is 34.3 Å². The van der Waals surface area contributed by atoms with Crippen LogP contribution in [0.1, 0.15) is 51.7 Å². The smallest absolute Gasteiger partial charge is 0.0224 e. The molecule has 0 N–H and O–H groups in total. The van der Waals surface area contributed by atoms with Gasteiger partial charge in [-0.1, -0.05) is 60.4 Å². The van der Waals surface area contributed by atoms with E-state index >= 15 is 0 Å². The molecule has 0 atom stereocenters. The summed E-state index contributed by atoms with van der Waals surface area (Å²) in [6.07, 6.45) is 4.67. The van der Waals surface area contributed by atoms with Crippen molar-refractivity contribution in [3.8, 4) is 0 Å². The molecule has 0 saturated carbocycles. The monoisotopic (exact) mass is 228 g/mol. The summed E-state index contributed by atoms with van der Waals surface area (Å²) in [5, 5.41) is 0. The zero-order chi connectivity index (χ0) is 12.8. The molecule has 0 aromatic heterocycles. The lowest BCUT2D eigenvalue weighted by Gasteiger charge is -2.08. The SMILES string of the molecule is CCC/C(=C\C(C)=C(C)C)c1ccc(C)cc1. The summed E-state index contributed by atoms with van der Waals surface area (Å²) in [5.41, 5.74) is 6.91. The van der Waals surface area contributed by atoms with Crippen LogP contribution in [0, 0.1) is 6.92 Å². The summed E-state index contributed by atoms with van der Waals surface area (Å²) < 4.78 is 0. The van der Waals surface area contributed by atoms with Crippen LogP contribution in [0.2, 0.25) is 0 Å². The fraction of sp³-hybridized carbons (Fsp3) is 0.412. The van der Waals surface area contributed by atoms with Crippen LogP contribution >= 0.6 is 0 Å². The van der Waals surface area contributed by atoms with Gasteiger partial charge in [0, 0.05) is 0 Å². The molecule has 0 aliphatic carbocycles. The molecule has 1 aromatic rings. The molecule has 0 heterocycles. The molecular weight excluding hydrogens is 204 g/mol. The quantitative estimate of drug-likeness (QED) is 0.594. The Morgan fingerprint density at radius 1 is 1.06 bits per heavy atom. The van der Waals surface area contributed by atoms with Gasteiger partial charge in [-0.05, 0) is 45.3 Å². The average Bonchev–Trinajstić information content (AvgIpc) is 2.29. The molecule has 0 spiro atoms. The van der Waals surface area contributed by atoms with Crippen LogP contribution in [-0.2, 0) is 0 Å². The van der Waals surface area contributed by atoms with Crippen LogP contribution < -0.4 is 0 Å². The molecule has 92 valence electrons. The Kier molecular flexibility index (Phi) is 5.21. The molecule has 0 bridgehead atoms. The first-order chi connectivity index (χ1) is 8.04. The van der Waals surface area contributed by atoms with E-state index in [1.807, 2.05) is 0 Å². The number of benzene rings is 1. The topological polar surface area (TPSA) is 0 Å². The molecule has 1 rings (SSSR count). The van der Waals surface area contributed by atoms with E-state index in [0.717, 1.165) is 6.42 Å². The summed E-state index contributed by atoms with van der Waals surface area (Å²) in [4.78, 5) is 0. The van der Waals surface area contributed by atoms with Crippen molar-refractivity contribution in [2.75, 3.05) is 0 Å². The van der Waals surface area contributed by atoms with Crippen molar-refractivity contribution in [1.82, 2.24) is 0 Å². The second-order valence-corrected chi connectivity index (χ2v) is 4.97. The Hall–Kier alpha value is -1.30. The third-order valence-corrected chi connectivity index (χ3v) is 3.12. The first kappa shape index (κ1) is 13.8. The Bertz CT molecular complexity index is 412. The highest BCUT2D eigenvalue weighted by molar-refractivity contribution is 5.68. The highest BCUT2D eigenvalue weighted by Gasteiger charge is 2.01. The standard InChI is InChI=1S/C17H24/c1-6-7-17(12-15(5)13(2)3)16-10-8-14(4)9-11-16/h8-12H,6-7H2,1-5H3/b17-12+. The highest BCUT2D eigenvalue weighted by atomic mass is 14.1. The predicted octanol–water partition coefficient (Wildman–Crippen LogP) is 5.53. The average molecular weight is 228 g/mol. The third kappa shape index (κ3) is 4.22. The van der Waals surface area contributed by atoms with Gasteiger partial charge in [0.15, 0.2) is 0 Å². The normalized spacial score (nSPS) is 11.5. The van der Waals surface area contributed by atoms with Crippen molar-refractivity contribution in [1.29, 1.82) is 0 Å². The maximum absolute atomic E-state index is 2.34.